The molecular formula is C19H31NO. The lowest BCUT2D eigenvalue weighted by Crippen LogP contribution is -2.32. The Morgan fingerprint density at radius 1 is 1.38 bits per heavy atom. The standard InChI is InChI=1S/C19H31NO/c1-3-12-20-18(9-5-10-19-11-6-13-21-19)15-17-8-4-7-16(2)14-17/h4,7-8,14,18-20H,3,5-6,9-13,15H2,1-2H3. The summed E-state index contributed by atoms with van der Waals surface area (Å²) in [4.78, 5) is 0. The van der Waals surface area contributed by atoms with Crippen molar-refractivity contribution in [1.82, 2.24) is 5.32 Å². The Labute approximate surface area is 130 Å². The second-order valence-corrected chi connectivity index (χ2v) is 6.41. The van der Waals surface area contributed by atoms with E-state index in [1.807, 2.05) is 0 Å². The maximum absolute atomic E-state index is 5.73. The summed E-state index contributed by atoms with van der Waals surface area (Å²) in [7, 11) is 0. The van der Waals surface area contributed by atoms with E-state index in [1.54, 1.807) is 0 Å². The largest absolute Gasteiger partial charge is 0.378 e. The monoisotopic (exact) mass is 289 g/mol. The lowest BCUT2D eigenvalue weighted by Gasteiger charge is -2.20. The average Bonchev–Trinajstić information content (AvgIpc) is 2.98. The minimum absolute atomic E-state index is 0.538. The summed E-state index contributed by atoms with van der Waals surface area (Å²) in [6.07, 6.45) is 9.18. The quantitative estimate of drug-likeness (QED) is 0.733. The van der Waals surface area contributed by atoms with Gasteiger partial charge in [-0.3, -0.25) is 0 Å². The molecular weight excluding hydrogens is 258 g/mol. The van der Waals surface area contributed by atoms with Gasteiger partial charge in [-0.1, -0.05) is 36.8 Å². The molecule has 1 aromatic rings. The Kier molecular flexibility index (Phi) is 7.25. The molecule has 0 amide bonds. The minimum atomic E-state index is 0.538. The molecule has 1 aliphatic heterocycles. The smallest absolute Gasteiger partial charge is 0.0576 e. The predicted octanol–water partition coefficient (Wildman–Crippen LogP) is 4.26. The van der Waals surface area contributed by atoms with Crippen LogP contribution in [0.4, 0.5) is 0 Å². The van der Waals surface area contributed by atoms with Crippen molar-refractivity contribution < 1.29 is 4.74 Å². The Morgan fingerprint density at radius 2 is 2.29 bits per heavy atom. The number of nitrogens with one attached hydrogen (secondary N) is 1. The van der Waals surface area contributed by atoms with Crippen molar-refractivity contribution in [3.8, 4) is 0 Å². The van der Waals surface area contributed by atoms with Gasteiger partial charge in [-0.15, -0.1) is 0 Å². The van der Waals surface area contributed by atoms with E-state index in [-0.39, 0.29) is 0 Å². The molecule has 118 valence electrons. The molecule has 1 fully saturated rings. The molecule has 1 heterocycles. The molecule has 2 heteroatoms. The molecule has 1 saturated heterocycles. The van der Waals surface area contributed by atoms with Crippen molar-refractivity contribution in [2.75, 3.05) is 13.2 Å². The van der Waals surface area contributed by atoms with Gasteiger partial charge in [0.1, 0.15) is 0 Å². The van der Waals surface area contributed by atoms with Crippen molar-refractivity contribution in [2.24, 2.45) is 0 Å². The molecule has 1 aromatic carbocycles. The van der Waals surface area contributed by atoms with E-state index in [9.17, 15) is 0 Å². The van der Waals surface area contributed by atoms with Crippen molar-refractivity contribution in [3.05, 3.63) is 35.4 Å². The fraction of sp³-hybridized carbons (Fsp3) is 0.684. The molecule has 0 radical (unpaired) electrons. The fourth-order valence-corrected chi connectivity index (χ4v) is 3.21. The molecule has 2 atom stereocenters. The zero-order chi connectivity index (χ0) is 14.9. The minimum Gasteiger partial charge on any atom is -0.378 e. The van der Waals surface area contributed by atoms with Gasteiger partial charge in [-0.2, -0.15) is 0 Å². The Balaban J connectivity index is 1.78. The fourth-order valence-electron chi connectivity index (χ4n) is 3.21. The van der Waals surface area contributed by atoms with E-state index < -0.39 is 0 Å². The van der Waals surface area contributed by atoms with Crippen LogP contribution in [0.1, 0.15) is 56.6 Å². The van der Waals surface area contributed by atoms with Gasteiger partial charge in [0.05, 0.1) is 6.10 Å². The van der Waals surface area contributed by atoms with Crippen LogP contribution in [-0.2, 0) is 11.2 Å². The summed E-state index contributed by atoms with van der Waals surface area (Å²) >= 11 is 0. The van der Waals surface area contributed by atoms with Crippen LogP contribution < -0.4 is 5.32 Å². The van der Waals surface area contributed by atoms with Crippen LogP contribution in [-0.4, -0.2) is 25.3 Å². The van der Waals surface area contributed by atoms with Crippen molar-refractivity contribution >= 4 is 0 Å². The highest BCUT2D eigenvalue weighted by Gasteiger charge is 2.16. The first-order valence-corrected chi connectivity index (χ1v) is 8.68. The molecule has 1 N–H and O–H groups in total. The third-order valence-corrected chi connectivity index (χ3v) is 4.35. The topological polar surface area (TPSA) is 21.3 Å². The summed E-state index contributed by atoms with van der Waals surface area (Å²) in [6.45, 7) is 6.51. The normalized spacial score (nSPS) is 19.8. The lowest BCUT2D eigenvalue weighted by atomic mass is 9.98. The summed E-state index contributed by atoms with van der Waals surface area (Å²) in [5.74, 6) is 0. The molecule has 1 aliphatic rings. The van der Waals surface area contributed by atoms with Crippen molar-refractivity contribution in [2.45, 2.75) is 70.9 Å². The number of aryl methyl sites for hydroxylation is 1. The van der Waals surface area contributed by atoms with Gasteiger partial charge < -0.3 is 10.1 Å². The van der Waals surface area contributed by atoms with E-state index in [1.165, 1.54) is 49.7 Å². The van der Waals surface area contributed by atoms with Crippen LogP contribution >= 0.6 is 0 Å². The first-order valence-electron chi connectivity index (χ1n) is 8.68. The van der Waals surface area contributed by atoms with Crippen LogP contribution in [0.2, 0.25) is 0 Å². The number of rotatable bonds is 9. The van der Waals surface area contributed by atoms with Crippen LogP contribution in [0.3, 0.4) is 0 Å². The first kappa shape index (κ1) is 16.5. The number of ether oxygens (including phenoxy) is 1. The van der Waals surface area contributed by atoms with E-state index in [0.717, 1.165) is 19.6 Å². The van der Waals surface area contributed by atoms with Gasteiger partial charge in [0, 0.05) is 12.6 Å². The Morgan fingerprint density at radius 3 is 3.00 bits per heavy atom. The van der Waals surface area contributed by atoms with Crippen LogP contribution in [0.25, 0.3) is 0 Å². The maximum Gasteiger partial charge on any atom is 0.0576 e. The van der Waals surface area contributed by atoms with Crippen LogP contribution in [0, 0.1) is 6.92 Å². The Hall–Kier alpha value is -0.860. The predicted molar refractivity (Wildman–Crippen MR) is 89.8 cm³/mol. The first-order chi connectivity index (χ1) is 10.3. The third-order valence-electron chi connectivity index (χ3n) is 4.35. The highest BCUT2D eigenvalue weighted by molar-refractivity contribution is 5.23. The lowest BCUT2D eigenvalue weighted by molar-refractivity contribution is 0.101. The van der Waals surface area contributed by atoms with E-state index >= 15 is 0 Å². The summed E-state index contributed by atoms with van der Waals surface area (Å²) in [6, 6.07) is 9.53. The van der Waals surface area contributed by atoms with E-state index in [4.69, 9.17) is 4.74 Å². The summed E-state index contributed by atoms with van der Waals surface area (Å²) in [5, 5.41) is 3.72. The van der Waals surface area contributed by atoms with Gasteiger partial charge in [0.2, 0.25) is 0 Å². The second-order valence-electron chi connectivity index (χ2n) is 6.41. The zero-order valence-electron chi connectivity index (χ0n) is 13.7. The van der Waals surface area contributed by atoms with Crippen LogP contribution in [0.15, 0.2) is 24.3 Å². The van der Waals surface area contributed by atoms with Gasteiger partial charge in [-0.05, 0) is 64.0 Å². The van der Waals surface area contributed by atoms with Crippen molar-refractivity contribution in [3.63, 3.8) is 0 Å². The third kappa shape index (κ3) is 6.19. The average molecular weight is 289 g/mol. The molecule has 0 bridgehead atoms. The second kappa shape index (κ2) is 9.22. The molecule has 21 heavy (non-hydrogen) atoms. The van der Waals surface area contributed by atoms with Gasteiger partial charge in [0.15, 0.2) is 0 Å². The molecule has 0 saturated carbocycles. The van der Waals surface area contributed by atoms with Crippen molar-refractivity contribution in [1.29, 1.82) is 0 Å². The van der Waals surface area contributed by atoms with Gasteiger partial charge in [0.25, 0.3) is 0 Å². The summed E-state index contributed by atoms with van der Waals surface area (Å²) in [5.41, 5.74) is 2.82. The highest BCUT2D eigenvalue weighted by Crippen LogP contribution is 2.19. The molecule has 2 unspecified atom stereocenters. The van der Waals surface area contributed by atoms with E-state index in [2.05, 4.69) is 43.4 Å². The molecule has 0 aromatic heterocycles. The van der Waals surface area contributed by atoms with Crippen LogP contribution in [0.5, 0.6) is 0 Å². The number of hydrogen-bond donors (Lipinski definition) is 1. The van der Waals surface area contributed by atoms with Gasteiger partial charge in [-0.25, -0.2) is 0 Å². The Bertz CT molecular complexity index is 398. The zero-order valence-corrected chi connectivity index (χ0v) is 13.7. The number of benzene rings is 1. The number of hydrogen-bond acceptors (Lipinski definition) is 2. The van der Waals surface area contributed by atoms with Gasteiger partial charge >= 0.3 is 0 Å². The SMILES string of the molecule is CCCNC(CCCC1CCCO1)Cc1cccc(C)c1. The maximum atomic E-state index is 5.73. The van der Waals surface area contributed by atoms with E-state index in [0.29, 0.717) is 12.1 Å². The highest BCUT2D eigenvalue weighted by atomic mass is 16.5. The molecule has 2 rings (SSSR count). The molecule has 0 spiro atoms. The molecule has 2 nitrogen and oxygen atoms in total. The summed E-state index contributed by atoms with van der Waals surface area (Å²) < 4.78 is 5.73. The molecule has 0 aliphatic carbocycles.